The highest BCUT2D eigenvalue weighted by molar-refractivity contribution is 7.99. The fourth-order valence-electron chi connectivity index (χ4n) is 2.29. The Kier molecular flexibility index (Phi) is 5.08. The summed E-state index contributed by atoms with van der Waals surface area (Å²) < 4.78 is 0. The zero-order chi connectivity index (χ0) is 12.8. The molecule has 1 N–H and O–H groups in total. The van der Waals surface area contributed by atoms with Gasteiger partial charge in [0.15, 0.2) is 0 Å². The van der Waals surface area contributed by atoms with Gasteiger partial charge in [-0.05, 0) is 12.0 Å². The van der Waals surface area contributed by atoms with Crippen LogP contribution in [0.3, 0.4) is 0 Å². The predicted octanol–water partition coefficient (Wildman–Crippen LogP) is 2.12. The molecule has 0 saturated carbocycles. The summed E-state index contributed by atoms with van der Waals surface area (Å²) >= 11 is 1.87. The molecule has 0 aromatic heterocycles. The van der Waals surface area contributed by atoms with Crippen molar-refractivity contribution in [1.82, 2.24) is 4.90 Å². The van der Waals surface area contributed by atoms with Crippen molar-refractivity contribution in [2.24, 2.45) is 0 Å². The summed E-state index contributed by atoms with van der Waals surface area (Å²) in [5, 5.41) is 8.93. The molecule has 2 rings (SSSR count). The van der Waals surface area contributed by atoms with Gasteiger partial charge in [0.05, 0.1) is 6.42 Å². The molecule has 0 bridgehead atoms. The quantitative estimate of drug-likeness (QED) is 0.885. The first-order chi connectivity index (χ1) is 8.75. The number of rotatable bonds is 5. The molecule has 1 aliphatic heterocycles. The number of hydrogen-bond donors (Lipinski definition) is 1. The number of nitrogens with zero attached hydrogens (tertiary/aromatic N) is 1. The van der Waals surface area contributed by atoms with Gasteiger partial charge in [-0.15, -0.1) is 0 Å². The van der Waals surface area contributed by atoms with Gasteiger partial charge in [-0.2, -0.15) is 11.8 Å². The standard InChI is InChI=1S/C14H19NO2S/c16-14(17)10-13-11-18-9-8-15(13)7-6-12-4-2-1-3-5-12/h1-5,13H,6-11H2,(H,16,17). The Morgan fingerprint density at radius 2 is 2.17 bits per heavy atom. The highest BCUT2D eigenvalue weighted by atomic mass is 32.2. The summed E-state index contributed by atoms with van der Waals surface area (Å²) in [5.41, 5.74) is 1.32. The van der Waals surface area contributed by atoms with Gasteiger partial charge >= 0.3 is 5.97 Å². The van der Waals surface area contributed by atoms with Crippen molar-refractivity contribution in [3.8, 4) is 0 Å². The van der Waals surface area contributed by atoms with Gasteiger partial charge < -0.3 is 5.11 Å². The van der Waals surface area contributed by atoms with E-state index in [0.29, 0.717) is 0 Å². The van der Waals surface area contributed by atoms with Gasteiger partial charge in [-0.25, -0.2) is 0 Å². The maximum Gasteiger partial charge on any atom is 0.304 e. The van der Waals surface area contributed by atoms with Gasteiger partial charge in [-0.1, -0.05) is 30.3 Å². The van der Waals surface area contributed by atoms with Crippen LogP contribution in [0.5, 0.6) is 0 Å². The Morgan fingerprint density at radius 3 is 2.89 bits per heavy atom. The average Bonchev–Trinajstić information content (AvgIpc) is 2.38. The van der Waals surface area contributed by atoms with E-state index in [9.17, 15) is 4.79 Å². The summed E-state index contributed by atoms with van der Waals surface area (Å²) in [4.78, 5) is 13.2. The fraction of sp³-hybridized carbons (Fsp3) is 0.500. The minimum Gasteiger partial charge on any atom is -0.481 e. The lowest BCUT2D eigenvalue weighted by Gasteiger charge is -2.34. The molecule has 1 aromatic carbocycles. The molecule has 1 saturated heterocycles. The van der Waals surface area contributed by atoms with Gasteiger partial charge in [-0.3, -0.25) is 9.69 Å². The first-order valence-electron chi connectivity index (χ1n) is 6.33. The third kappa shape index (κ3) is 4.03. The second kappa shape index (κ2) is 6.81. The van der Waals surface area contributed by atoms with E-state index < -0.39 is 5.97 Å². The van der Waals surface area contributed by atoms with Crippen LogP contribution in [0, 0.1) is 0 Å². The van der Waals surface area contributed by atoms with Crippen LogP contribution >= 0.6 is 11.8 Å². The lowest BCUT2D eigenvalue weighted by molar-refractivity contribution is -0.138. The van der Waals surface area contributed by atoms with Crippen molar-refractivity contribution < 1.29 is 9.90 Å². The van der Waals surface area contributed by atoms with Crippen molar-refractivity contribution in [2.75, 3.05) is 24.6 Å². The molecule has 1 heterocycles. The average molecular weight is 265 g/mol. The molecular formula is C14H19NO2S. The highest BCUT2D eigenvalue weighted by Crippen LogP contribution is 2.19. The molecule has 0 amide bonds. The Bertz CT molecular complexity index is 383. The molecule has 1 unspecified atom stereocenters. The van der Waals surface area contributed by atoms with E-state index in [2.05, 4.69) is 29.2 Å². The molecule has 4 heteroatoms. The monoisotopic (exact) mass is 265 g/mol. The van der Waals surface area contributed by atoms with Crippen LogP contribution < -0.4 is 0 Å². The minimum absolute atomic E-state index is 0.199. The van der Waals surface area contributed by atoms with E-state index in [1.807, 2.05) is 17.8 Å². The molecule has 0 spiro atoms. The molecule has 1 aromatic rings. The van der Waals surface area contributed by atoms with E-state index in [1.165, 1.54) is 5.56 Å². The molecule has 98 valence electrons. The molecular weight excluding hydrogens is 246 g/mol. The summed E-state index contributed by atoms with van der Waals surface area (Å²) in [7, 11) is 0. The number of carbonyl (C=O) groups is 1. The van der Waals surface area contributed by atoms with Crippen molar-refractivity contribution in [3.63, 3.8) is 0 Å². The van der Waals surface area contributed by atoms with Gasteiger partial charge in [0, 0.05) is 30.6 Å². The van der Waals surface area contributed by atoms with Crippen LogP contribution in [0.2, 0.25) is 0 Å². The number of aliphatic carboxylic acids is 1. The molecule has 0 radical (unpaired) electrons. The lowest BCUT2D eigenvalue weighted by atomic mass is 10.1. The van der Waals surface area contributed by atoms with Crippen LogP contribution in [0.1, 0.15) is 12.0 Å². The Morgan fingerprint density at radius 1 is 1.39 bits per heavy atom. The van der Waals surface area contributed by atoms with E-state index in [-0.39, 0.29) is 12.5 Å². The largest absolute Gasteiger partial charge is 0.481 e. The van der Waals surface area contributed by atoms with Gasteiger partial charge in [0.2, 0.25) is 0 Å². The molecule has 0 aliphatic carbocycles. The maximum atomic E-state index is 10.9. The van der Waals surface area contributed by atoms with E-state index in [0.717, 1.165) is 31.0 Å². The second-order valence-electron chi connectivity index (χ2n) is 4.60. The summed E-state index contributed by atoms with van der Waals surface area (Å²) in [6.45, 7) is 1.97. The third-order valence-corrected chi connectivity index (χ3v) is 4.38. The van der Waals surface area contributed by atoms with E-state index in [1.54, 1.807) is 0 Å². The van der Waals surface area contributed by atoms with Crippen molar-refractivity contribution in [3.05, 3.63) is 35.9 Å². The maximum absolute atomic E-state index is 10.9. The van der Waals surface area contributed by atoms with E-state index in [4.69, 9.17) is 5.11 Å². The topological polar surface area (TPSA) is 40.5 Å². The summed E-state index contributed by atoms with van der Waals surface area (Å²) in [6.07, 6.45) is 1.27. The number of benzene rings is 1. The number of thioether (sulfide) groups is 1. The van der Waals surface area contributed by atoms with Gasteiger partial charge in [0.1, 0.15) is 0 Å². The van der Waals surface area contributed by atoms with Crippen LogP contribution in [-0.2, 0) is 11.2 Å². The lowest BCUT2D eigenvalue weighted by Crippen LogP contribution is -2.44. The first-order valence-corrected chi connectivity index (χ1v) is 7.48. The molecule has 1 aliphatic rings. The van der Waals surface area contributed by atoms with Crippen LogP contribution in [-0.4, -0.2) is 46.6 Å². The summed E-state index contributed by atoms with van der Waals surface area (Å²) in [6, 6.07) is 10.6. The smallest absolute Gasteiger partial charge is 0.304 e. The zero-order valence-electron chi connectivity index (χ0n) is 10.4. The SMILES string of the molecule is O=C(O)CC1CSCCN1CCc1ccccc1. The van der Waals surface area contributed by atoms with Crippen LogP contribution in [0.4, 0.5) is 0 Å². The van der Waals surface area contributed by atoms with Crippen molar-refractivity contribution in [2.45, 2.75) is 18.9 Å². The zero-order valence-corrected chi connectivity index (χ0v) is 11.2. The molecule has 18 heavy (non-hydrogen) atoms. The Hall–Kier alpha value is -1.00. The first kappa shape index (κ1) is 13.4. The molecule has 1 atom stereocenters. The Balaban J connectivity index is 1.87. The number of hydrogen-bond acceptors (Lipinski definition) is 3. The Labute approximate surface area is 112 Å². The van der Waals surface area contributed by atoms with Gasteiger partial charge in [0.25, 0.3) is 0 Å². The van der Waals surface area contributed by atoms with Crippen LogP contribution in [0.15, 0.2) is 30.3 Å². The van der Waals surface area contributed by atoms with Crippen molar-refractivity contribution >= 4 is 17.7 Å². The summed E-state index contributed by atoms with van der Waals surface area (Å²) in [5.74, 6) is 1.37. The second-order valence-corrected chi connectivity index (χ2v) is 5.75. The highest BCUT2D eigenvalue weighted by Gasteiger charge is 2.24. The fourth-order valence-corrected chi connectivity index (χ4v) is 3.42. The molecule has 3 nitrogen and oxygen atoms in total. The number of carboxylic acids is 1. The molecule has 1 fully saturated rings. The van der Waals surface area contributed by atoms with Crippen molar-refractivity contribution in [1.29, 1.82) is 0 Å². The number of carboxylic acid groups (broad SMARTS) is 1. The van der Waals surface area contributed by atoms with Crippen LogP contribution in [0.25, 0.3) is 0 Å². The predicted molar refractivity (Wildman–Crippen MR) is 75.1 cm³/mol. The third-order valence-electron chi connectivity index (χ3n) is 3.29. The normalized spacial score (nSPS) is 20.8. The van der Waals surface area contributed by atoms with E-state index >= 15 is 0 Å². The minimum atomic E-state index is -0.688.